The van der Waals surface area contributed by atoms with E-state index in [9.17, 15) is 22.8 Å². The van der Waals surface area contributed by atoms with Gasteiger partial charge in [0.15, 0.2) is 0 Å². The van der Waals surface area contributed by atoms with Gasteiger partial charge < -0.3 is 5.32 Å². The van der Waals surface area contributed by atoms with Gasteiger partial charge in [0.1, 0.15) is 4.88 Å². The molecule has 0 atom stereocenters. The Labute approximate surface area is 132 Å². The van der Waals surface area contributed by atoms with Gasteiger partial charge in [0.05, 0.1) is 17.2 Å². The van der Waals surface area contributed by atoms with E-state index in [1.165, 1.54) is 11.3 Å². The number of hydrogen-bond acceptors (Lipinski definition) is 5. The molecule has 0 radical (unpaired) electrons. The molecule has 0 aliphatic heterocycles. The molecule has 11 heteroatoms. The number of rotatable bonds is 4. The van der Waals surface area contributed by atoms with Gasteiger partial charge in [-0.05, 0) is 13.8 Å². The van der Waals surface area contributed by atoms with E-state index >= 15 is 0 Å². The monoisotopic (exact) mass is 349 g/mol. The topological polar surface area (TPSA) is 81.8 Å². The van der Waals surface area contributed by atoms with Crippen LogP contribution in [0.1, 0.15) is 26.2 Å². The van der Waals surface area contributed by atoms with E-state index in [0.717, 1.165) is 12.1 Å². The van der Waals surface area contributed by atoms with Crippen LogP contribution in [0.3, 0.4) is 0 Å². The zero-order valence-corrected chi connectivity index (χ0v) is 13.4. The highest BCUT2D eigenvalue weighted by Gasteiger charge is 2.37. The van der Waals surface area contributed by atoms with Crippen LogP contribution in [0.4, 0.5) is 13.2 Å². The van der Waals surface area contributed by atoms with Crippen molar-refractivity contribution in [3.05, 3.63) is 31.9 Å². The Bertz CT molecular complexity index is 790. The molecule has 0 aromatic carbocycles. The van der Waals surface area contributed by atoms with Gasteiger partial charge in [-0.15, -0.1) is 16.4 Å². The first kappa shape index (κ1) is 17.2. The van der Waals surface area contributed by atoms with Crippen LogP contribution in [0.15, 0.2) is 4.79 Å². The highest BCUT2D eigenvalue weighted by atomic mass is 32.1. The molecule has 2 aromatic heterocycles. The maximum atomic E-state index is 12.6. The van der Waals surface area contributed by atoms with E-state index in [0.29, 0.717) is 19.8 Å². The van der Waals surface area contributed by atoms with E-state index in [2.05, 4.69) is 15.4 Å². The second kappa shape index (κ2) is 6.14. The molecule has 2 heterocycles. The second-order valence-electron chi connectivity index (χ2n) is 4.79. The van der Waals surface area contributed by atoms with Crippen LogP contribution in [-0.4, -0.2) is 31.8 Å². The first-order valence-electron chi connectivity index (χ1n) is 6.54. The Morgan fingerprint density at radius 2 is 2.00 bits per heavy atom. The molecule has 1 amide bonds. The molecule has 1 N–H and O–H groups in total. The minimum absolute atomic E-state index is 0.0244. The van der Waals surface area contributed by atoms with Crippen molar-refractivity contribution in [2.24, 2.45) is 7.05 Å². The predicted octanol–water partition coefficient (Wildman–Crippen LogP) is 1.10. The number of carbonyl (C=O) groups excluding carboxylic acids is 1. The molecule has 0 saturated heterocycles. The molecule has 23 heavy (non-hydrogen) atoms. The minimum Gasteiger partial charge on any atom is -0.349 e. The average molecular weight is 349 g/mol. The molecular formula is C12H14F3N5O2S. The van der Waals surface area contributed by atoms with E-state index in [1.54, 1.807) is 13.8 Å². The molecular weight excluding hydrogens is 335 g/mol. The fourth-order valence-electron chi connectivity index (χ4n) is 1.98. The van der Waals surface area contributed by atoms with Crippen LogP contribution in [0, 0.1) is 13.8 Å². The number of aromatic nitrogens is 4. The highest BCUT2D eigenvalue weighted by Crippen LogP contribution is 2.25. The summed E-state index contributed by atoms with van der Waals surface area (Å²) in [5.74, 6) is -1.66. The third-order valence-corrected chi connectivity index (χ3v) is 4.08. The Morgan fingerprint density at radius 1 is 1.35 bits per heavy atom. The number of nitrogens with zero attached hydrogens (tertiary/aromatic N) is 4. The molecule has 0 aliphatic carbocycles. The van der Waals surface area contributed by atoms with Crippen molar-refractivity contribution in [2.75, 3.05) is 6.54 Å². The van der Waals surface area contributed by atoms with Crippen LogP contribution in [0.25, 0.3) is 0 Å². The van der Waals surface area contributed by atoms with Gasteiger partial charge in [0.2, 0.25) is 5.82 Å². The molecule has 2 aromatic rings. The molecule has 0 unspecified atom stereocenters. The Hall–Kier alpha value is -2.17. The van der Waals surface area contributed by atoms with Crippen molar-refractivity contribution in [1.82, 2.24) is 24.6 Å². The zero-order valence-electron chi connectivity index (χ0n) is 12.6. The fourth-order valence-corrected chi connectivity index (χ4v) is 2.81. The van der Waals surface area contributed by atoms with E-state index in [-0.39, 0.29) is 19.0 Å². The Kier molecular flexibility index (Phi) is 4.59. The van der Waals surface area contributed by atoms with Gasteiger partial charge in [-0.25, -0.2) is 14.5 Å². The third-order valence-electron chi connectivity index (χ3n) is 3.01. The van der Waals surface area contributed by atoms with Gasteiger partial charge in [-0.3, -0.25) is 9.36 Å². The van der Waals surface area contributed by atoms with Gasteiger partial charge in [0, 0.05) is 13.6 Å². The normalized spacial score (nSPS) is 11.7. The zero-order chi connectivity index (χ0) is 17.4. The van der Waals surface area contributed by atoms with Gasteiger partial charge in [0.25, 0.3) is 5.91 Å². The minimum atomic E-state index is -4.71. The largest absolute Gasteiger partial charge is 0.451 e. The van der Waals surface area contributed by atoms with Crippen LogP contribution >= 0.6 is 11.3 Å². The Balaban J connectivity index is 2.04. The van der Waals surface area contributed by atoms with Gasteiger partial charge in [-0.1, -0.05) is 0 Å². The number of thiazole rings is 1. The molecule has 2 rings (SSSR count). The number of alkyl halides is 3. The van der Waals surface area contributed by atoms with E-state index in [1.807, 2.05) is 0 Å². The van der Waals surface area contributed by atoms with Gasteiger partial charge in [-0.2, -0.15) is 13.2 Å². The molecule has 0 saturated carbocycles. The summed E-state index contributed by atoms with van der Waals surface area (Å²) in [6, 6.07) is 0. The molecule has 0 fully saturated rings. The summed E-state index contributed by atoms with van der Waals surface area (Å²) in [6.07, 6.45) is -4.71. The molecule has 0 spiro atoms. The standard InChI is InChI=1S/C12H14F3N5O2S/c1-6-8(23-7(2)17-6)9(21)16-4-5-20-11(22)19(3)10(18-20)12(13,14)15/h4-5H2,1-3H3,(H,16,21). The summed E-state index contributed by atoms with van der Waals surface area (Å²) < 4.78 is 39.1. The summed E-state index contributed by atoms with van der Waals surface area (Å²) in [4.78, 5) is 28.2. The first-order chi connectivity index (χ1) is 10.6. The molecule has 0 bridgehead atoms. The summed E-state index contributed by atoms with van der Waals surface area (Å²) in [5.41, 5.74) is -0.309. The lowest BCUT2D eigenvalue weighted by Crippen LogP contribution is -2.31. The number of halogens is 3. The maximum absolute atomic E-state index is 12.6. The van der Waals surface area contributed by atoms with Crippen LogP contribution in [0.2, 0.25) is 0 Å². The van der Waals surface area contributed by atoms with Crippen LogP contribution in [-0.2, 0) is 19.8 Å². The quantitative estimate of drug-likeness (QED) is 0.896. The van der Waals surface area contributed by atoms with Gasteiger partial charge >= 0.3 is 11.9 Å². The lowest BCUT2D eigenvalue weighted by atomic mass is 10.4. The third kappa shape index (κ3) is 3.60. The number of aryl methyl sites for hydroxylation is 2. The number of carbonyl (C=O) groups is 1. The summed E-state index contributed by atoms with van der Waals surface area (Å²) in [5, 5.41) is 6.53. The smallest absolute Gasteiger partial charge is 0.349 e. The average Bonchev–Trinajstić information content (AvgIpc) is 2.91. The maximum Gasteiger partial charge on any atom is 0.451 e. The van der Waals surface area contributed by atoms with Crippen molar-refractivity contribution in [3.63, 3.8) is 0 Å². The fraction of sp³-hybridized carbons (Fsp3) is 0.500. The van der Waals surface area contributed by atoms with Crippen molar-refractivity contribution in [3.8, 4) is 0 Å². The van der Waals surface area contributed by atoms with E-state index in [4.69, 9.17) is 0 Å². The molecule has 0 aliphatic rings. The SMILES string of the molecule is Cc1nc(C)c(C(=O)NCCn2nc(C(F)(F)F)n(C)c2=O)s1. The summed E-state index contributed by atoms with van der Waals surface area (Å²) in [6.45, 7) is 3.27. The second-order valence-corrected chi connectivity index (χ2v) is 5.99. The predicted molar refractivity (Wildman–Crippen MR) is 76.4 cm³/mol. The van der Waals surface area contributed by atoms with Crippen LogP contribution < -0.4 is 11.0 Å². The summed E-state index contributed by atoms with van der Waals surface area (Å²) in [7, 11) is 0.997. The lowest BCUT2D eigenvalue weighted by molar-refractivity contribution is -0.147. The lowest BCUT2D eigenvalue weighted by Gasteiger charge is -2.04. The van der Waals surface area contributed by atoms with Crippen molar-refractivity contribution >= 4 is 17.2 Å². The molecule has 126 valence electrons. The highest BCUT2D eigenvalue weighted by molar-refractivity contribution is 7.13. The summed E-state index contributed by atoms with van der Waals surface area (Å²) >= 11 is 1.22. The number of nitrogens with one attached hydrogen (secondary N) is 1. The molecule has 7 nitrogen and oxygen atoms in total. The number of amides is 1. The van der Waals surface area contributed by atoms with Crippen molar-refractivity contribution in [2.45, 2.75) is 26.6 Å². The van der Waals surface area contributed by atoms with Crippen LogP contribution in [0.5, 0.6) is 0 Å². The van der Waals surface area contributed by atoms with Crippen molar-refractivity contribution in [1.29, 1.82) is 0 Å². The Morgan fingerprint density at radius 3 is 2.48 bits per heavy atom. The van der Waals surface area contributed by atoms with Crippen molar-refractivity contribution < 1.29 is 18.0 Å². The number of hydrogen-bond donors (Lipinski definition) is 1. The first-order valence-corrected chi connectivity index (χ1v) is 7.36. The van der Waals surface area contributed by atoms with E-state index < -0.39 is 17.7 Å².